The summed E-state index contributed by atoms with van der Waals surface area (Å²) < 4.78 is 11.7. The summed E-state index contributed by atoms with van der Waals surface area (Å²) in [4.78, 5) is 25.3. The van der Waals surface area contributed by atoms with E-state index in [1.54, 1.807) is 18.4 Å². The lowest BCUT2D eigenvalue weighted by atomic mass is 9.78. The third-order valence-corrected chi connectivity index (χ3v) is 6.34. The number of ketones is 1. The summed E-state index contributed by atoms with van der Waals surface area (Å²) >= 11 is 5.93. The van der Waals surface area contributed by atoms with Crippen molar-refractivity contribution in [3.05, 3.63) is 41.1 Å². The molecule has 3 unspecified atom stereocenters. The summed E-state index contributed by atoms with van der Waals surface area (Å²) in [5.74, 6) is -0.0459. The number of allylic oxidation sites excluding steroid dienone is 1. The maximum atomic E-state index is 12.9. The Morgan fingerprint density at radius 2 is 1.78 bits per heavy atom. The van der Waals surface area contributed by atoms with Crippen LogP contribution in [0.15, 0.2) is 30.5 Å². The molecular weight excluding hydrogens is 364 g/mol. The van der Waals surface area contributed by atoms with Gasteiger partial charge in [0.1, 0.15) is 12.2 Å². The summed E-state index contributed by atoms with van der Waals surface area (Å²) in [5, 5.41) is 0.640. The summed E-state index contributed by atoms with van der Waals surface area (Å²) in [6.07, 6.45) is 8.58. The summed E-state index contributed by atoms with van der Waals surface area (Å²) in [7, 11) is 0. The monoisotopic (exact) mass is 388 g/mol. The molecule has 3 aliphatic rings. The van der Waals surface area contributed by atoms with Gasteiger partial charge >= 0.3 is 5.97 Å². The quantitative estimate of drug-likeness (QED) is 0.688. The van der Waals surface area contributed by atoms with Crippen molar-refractivity contribution in [2.24, 2.45) is 11.8 Å². The highest BCUT2D eigenvalue weighted by Gasteiger charge is 2.41. The zero-order valence-electron chi connectivity index (χ0n) is 15.4. The molecule has 0 amide bonds. The number of ether oxygens (including phenoxy) is 2. The molecule has 2 aliphatic carbocycles. The van der Waals surface area contributed by atoms with Crippen LogP contribution >= 0.6 is 11.6 Å². The molecule has 1 aliphatic heterocycles. The van der Waals surface area contributed by atoms with Crippen molar-refractivity contribution in [1.29, 1.82) is 0 Å². The molecule has 2 saturated carbocycles. The normalized spacial score (nSPS) is 28.7. The van der Waals surface area contributed by atoms with E-state index in [1.807, 2.05) is 12.1 Å². The SMILES string of the molecule is O=C(OC1CCC2C(=O)C(c3ccc(Cl)cc3)=COC2C1)C1CCCCC1. The van der Waals surface area contributed by atoms with Gasteiger partial charge in [0.05, 0.1) is 23.7 Å². The van der Waals surface area contributed by atoms with Gasteiger partial charge in [-0.2, -0.15) is 0 Å². The van der Waals surface area contributed by atoms with Crippen LogP contribution in [0.4, 0.5) is 0 Å². The molecule has 0 radical (unpaired) electrons. The topological polar surface area (TPSA) is 52.6 Å². The Hall–Kier alpha value is -1.81. The van der Waals surface area contributed by atoms with Crippen molar-refractivity contribution in [3.63, 3.8) is 0 Å². The van der Waals surface area contributed by atoms with Gasteiger partial charge in [0.25, 0.3) is 0 Å². The van der Waals surface area contributed by atoms with Crippen molar-refractivity contribution in [1.82, 2.24) is 0 Å². The molecule has 0 saturated heterocycles. The van der Waals surface area contributed by atoms with E-state index in [1.165, 1.54) is 6.42 Å². The molecule has 0 N–H and O–H groups in total. The highest BCUT2D eigenvalue weighted by Crippen LogP contribution is 2.38. The van der Waals surface area contributed by atoms with Crippen LogP contribution in [0.5, 0.6) is 0 Å². The number of hydrogen-bond donors (Lipinski definition) is 0. The van der Waals surface area contributed by atoms with Crippen LogP contribution in [0.3, 0.4) is 0 Å². The minimum Gasteiger partial charge on any atom is -0.496 e. The smallest absolute Gasteiger partial charge is 0.309 e. The molecular formula is C22H25ClO4. The van der Waals surface area contributed by atoms with Gasteiger partial charge in [-0.15, -0.1) is 0 Å². The molecule has 3 atom stereocenters. The first-order valence-electron chi connectivity index (χ1n) is 9.98. The Morgan fingerprint density at radius 3 is 2.52 bits per heavy atom. The van der Waals surface area contributed by atoms with E-state index in [-0.39, 0.29) is 35.8 Å². The molecule has 5 heteroatoms. The molecule has 27 heavy (non-hydrogen) atoms. The van der Waals surface area contributed by atoms with Crippen LogP contribution in [0.1, 0.15) is 56.9 Å². The van der Waals surface area contributed by atoms with Crippen LogP contribution in [0.25, 0.3) is 5.57 Å². The number of rotatable bonds is 3. The molecule has 0 spiro atoms. The second-order valence-corrected chi connectivity index (χ2v) is 8.33. The van der Waals surface area contributed by atoms with Crippen LogP contribution < -0.4 is 0 Å². The maximum absolute atomic E-state index is 12.9. The van der Waals surface area contributed by atoms with Gasteiger partial charge in [0.15, 0.2) is 5.78 Å². The molecule has 4 rings (SSSR count). The third-order valence-electron chi connectivity index (χ3n) is 6.08. The first-order valence-corrected chi connectivity index (χ1v) is 10.4. The number of fused-ring (bicyclic) bond motifs is 1. The number of hydrogen-bond acceptors (Lipinski definition) is 4. The summed E-state index contributed by atoms with van der Waals surface area (Å²) in [6, 6.07) is 7.23. The average molecular weight is 389 g/mol. The van der Waals surface area contributed by atoms with Gasteiger partial charge in [0.2, 0.25) is 0 Å². The standard InChI is InChI=1S/C22H25ClO4/c23-16-8-6-14(7-9-16)19-13-26-20-12-17(10-11-18(20)21(19)24)27-22(25)15-4-2-1-3-5-15/h6-9,13,15,17-18,20H,1-5,10-12H2. The molecule has 1 aromatic carbocycles. The highest BCUT2D eigenvalue weighted by atomic mass is 35.5. The van der Waals surface area contributed by atoms with Crippen molar-refractivity contribution < 1.29 is 19.1 Å². The summed E-state index contributed by atoms with van der Waals surface area (Å²) in [5.41, 5.74) is 1.43. The third kappa shape index (κ3) is 4.06. The van der Waals surface area contributed by atoms with E-state index in [0.29, 0.717) is 23.4 Å². The largest absolute Gasteiger partial charge is 0.496 e. The van der Waals surface area contributed by atoms with E-state index >= 15 is 0 Å². The molecule has 144 valence electrons. The highest BCUT2D eigenvalue weighted by molar-refractivity contribution is 6.30. The van der Waals surface area contributed by atoms with Crippen LogP contribution in [0, 0.1) is 11.8 Å². The number of Topliss-reactive ketones (excluding diaryl/α,β-unsaturated/α-hetero) is 1. The van der Waals surface area contributed by atoms with Crippen molar-refractivity contribution in [2.75, 3.05) is 0 Å². The van der Waals surface area contributed by atoms with Crippen LogP contribution in [-0.4, -0.2) is 24.0 Å². The van der Waals surface area contributed by atoms with Crippen LogP contribution in [0.2, 0.25) is 5.02 Å². The van der Waals surface area contributed by atoms with Gasteiger partial charge in [-0.3, -0.25) is 9.59 Å². The second-order valence-electron chi connectivity index (χ2n) is 7.89. The first kappa shape index (κ1) is 18.5. The van der Waals surface area contributed by atoms with E-state index in [9.17, 15) is 9.59 Å². The van der Waals surface area contributed by atoms with Crippen molar-refractivity contribution in [3.8, 4) is 0 Å². The second kappa shape index (κ2) is 8.05. The Bertz CT molecular complexity index is 733. The van der Waals surface area contributed by atoms with E-state index < -0.39 is 0 Å². The number of halogens is 1. The molecule has 1 aromatic rings. The Balaban J connectivity index is 1.39. The molecule has 0 bridgehead atoms. The molecule has 1 heterocycles. The van der Waals surface area contributed by atoms with E-state index in [2.05, 4.69) is 0 Å². The minimum absolute atomic E-state index is 0.0572. The Kier molecular flexibility index (Phi) is 5.53. The van der Waals surface area contributed by atoms with Gasteiger partial charge < -0.3 is 9.47 Å². The number of benzene rings is 1. The predicted octanol–water partition coefficient (Wildman–Crippen LogP) is 4.94. The molecule has 0 aromatic heterocycles. The van der Waals surface area contributed by atoms with Gasteiger partial charge in [-0.25, -0.2) is 0 Å². The minimum atomic E-state index is -0.202. The Labute approximate surface area is 164 Å². The van der Waals surface area contributed by atoms with Crippen molar-refractivity contribution in [2.45, 2.75) is 63.6 Å². The lowest BCUT2D eigenvalue weighted by Gasteiger charge is -2.37. The number of carbonyl (C=O) groups is 2. The summed E-state index contributed by atoms with van der Waals surface area (Å²) in [6.45, 7) is 0. The fourth-order valence-corrected chi connectivity index (χ4v) is 4.63. The van der Waals surface area contributed by atoms with E-state index in [0.717, 1.165) is 37.7 Å². The zero-order valence-corrected chi connectivity index (χ0v) is 16.1. The first-order chi connectivity index (χ1) is 13.1. The van der Waals surface area contributed by atoms with Gasteiger partial charge in [-0.05, 0) is 43.4 Å². The fraction of sp³-hybridized carbons (Fsp3) is 0.545. The van der Waals surface area contributed by atoms with E-state index in [4.69, 9.17) is 21.1 Å². The lowest BCUT2D eigenvalue weighted by molar-refractivity contribution is -0.160. The van der Waals surface area contributed by atoms with Crippen LogP contribution in [-0.2, 0) is 19.1 Å². The lowest BCUT2D eigenvalue weighted by Crippen LogP contribution is -2.42. The Morgan fingerprint density at radius 1 is 1.04 bits per heavy atom. The van der Waals surface area contributed by atoms with Crippen molar-refractivity contribution >= 4 is 28.9 Å². The maximum Gasteiger partial charge on any atom is 0.309 e. The fourth-order valence-electron chi connectivity index (χ4n) is 4.50. The average Bonchev–Trinajstić information content (AvgIpc) is 2.70. The number of carbonyl (C=O) groups excluding carboxylic acids is 2. The number of esters is 1. The zero-order chi connectivity index (χ0) is 18.8. The molecule has 4 nitrogen and oxygen atoms in total. The van der Waals surface area contributed by atoms with Gasteiger partial charge in [0, 0.05) is 11.4 Å². The molecule has 2 fully saturated rings. The van der Waals surface area contributed by atoms with Gasteiger partial charge in [-0.1, -0.05) is 43.0 Å². The predicted molar refractivity (Wildman–Crippen MR) is 103 cm³/mol.